The molecule has 0 atom stereocenters. The van der Waals surface area contributed by atoms with Crippen LogP contribution in [0.2, 0.25) is 0 Å². The lowest BCUT2D eigenvalue weighted by Crippen LogP contribution is -2.24. The zero-order chi connectivity index (χ0) is 14.1. The molecule has 2 N–H and O–H groups in total. The predicted molar refractivity (Wildman–Crippen MR) is 80.1 cm³/mol. The van der Waals surface area contributed by atoms with Gasteiger partial charge in [-0.25, -0.2) is 0 Å². The lowest BCUT2D eigenvalue weighted by Gasteiger charge is -2.19. The van der Waals surface area contributed by atoms with Gasteiger partial charge in [-0.2, -0.15) is 0 Å². The largest absolute Gasteiger partial charge is 0.380 e. The number of nitro groups is 1. The van der Waals surface area contributed by atoms with Gasteiger partial charge in [-0.1, -0.05) is 6.07 Å². The van der Waals surface area contributed by atoms with Crippen LogP contribution in [-0.2, 0) is 0 Å². The van der Waals surface area contributed by atoms with Crippen LogP contribution in [0.4, 0.5) is 17.1 Å². The monoisotopic (exact) mass is 275 g/mol. The van der Waals surface area contributed by atoms with E-state index in [0.717, 1.165) is 0 Å². The summed E-state index contributed by atoms with van der Waals surface area (Å²) < 4.78 is 0. The molecule has 0 aliphatic heterocycles. The fourth-order valence-corrected chi connectivity index (χ4v) is 2.90. The minimum absolute atomic E-state index is 0.181. The van der Waals surface area contributed by atoms with Crippen LogP contribution in [0.1, 0.15) is 32.6 Å². The molecule has 2 fully saturated rings. The minimum Gasteiger partial charge on any atom is -0.380 e. The highest BCUT2D eigenvalue weighted by atomic mass is 16.6. The maximum Gasteiger partial charge on any atom is 0.315 e. The molecule has 5 heteroatoms. The highest BCUT2D eigenvalue weighted by Crippen LogP contribution is 2.47. The number of nitro benzene ring substituents is 1. The Morgan fingerprint density at radius 2 is 1.85 bits per heavy atom. The van der Waals surface area contributed by atoms with Crippen molar-refractivity contribution >= 4 is 17.1 Å². The quantitative estimate of drug-likeness (QED) is 0.589. The molecule has 5 nitrogen and oxygen atoms in total. The van der Waals surface area contributed by atoms with E-state index in [4.69, 9.17) is 0 Å². The number of para-hydroxylation sites is 1. The van der Waals surface area contributed by atoms with Crippen LogP contribution in [0, 0.1) is 22.0 Å². The second-order valence-corrected chi connectivity index (χ2v) is 5.83. The van der Waals surface area contributed by atoms with Crippen molar-refractivity contribution < 1.29 is 4.92 Å². The van der Waals surface area contributed by atoms with Gasteiger partial charge in [-0.05, 0) is 56.6 Å². The average Bonchev–Trinajstić information content (AvgIpc) is 3.28. The molecule has 0 unspecified atom stereocenters. The maximum absolute atomic E-state index is 11.4. The van der Waals surface area contributed by atoms with Crippen molar-refractivity contribution in [2.24, 2.45) is 11.8 Å². The van der Waals surface area contributed by atoms with E-state index in [-0.39, 0.29) is 10.6 Å². The van der Waals surface area contributed by atoms with Gasteiger partial charge in [0.1, 0.15) is 11.4 Å². The third kappa shape index (κ3) is 2.71. The summed E-state index contributed by atoms with van der Waals surface area (Å²) >= 11 is 0. The summed E-state index contributed by atoms with van der Waals surface area (Å²) in [5, 5.41) is 17.9. The SMILES string of the molecule is CCNc1cccc(NC(C2CC2)C2CC2)c1[N+](=O)[O-]. The van der Waals surface area contributed by atoms with Crippen LogP contribution in [0.25, 0.3) is 0 Å². The summed E-state index contributed by atoms with van der Waals surface area (Å²) in [4.78, 5) is 11.1. The zero-order valence-corrected chi connectivity index (χ0v) is 11.8. The van der Waals surface area contributed by atoms with Crippen molar-refractivity contribution in [3.63, 3.8) is 0 Å². The van der Waals surface area contributed by atoms with Gasteiger partial charge in [0.2, 0.25) is 0 Å². The molecule has 20 heavy (non-hydrogen) atoms. The average molecular weight is 275 g/mol. The van der Waals surface area contributed by atoms with Gasteiger partial charge in [0.05, 0.1) is 4.92 Å². The Morgan fingerprint density at radius 1 is 1.25 bits per heavy atom. The lowest BCUT2D eigenvalue weighted by molar-refractivity contribution is -0.383. The summed E-state index contributed by atoms with van der Waals surface area (Å²) in [6.45, 7) is 2.62. The fraction of sp³-hybridized carbons (Fsp3) is 0.600. The van der Waals surface area contributed by atoms with Crippen molar-refractivity contribution in [1.82, 2.24) is 0 Å². The van der Waals surface area contributed by atoms with E-state index in [1.54, 1.807) is 6.07 Å². The summed E-state index contributed by atoms with van der Waals surface area (Å²) in [6.07, 6.45) is 5.04. The molecule has 2 saturated carbocycles. The highest BCUT2D eigenvalue weighted by molar-refractivity contribution is 5.76. The molecule has 0 radical (unpaired) electrons. The molecule has 2 aliphatic carbocycles. The Labute approximate surface area is 118 Å². The van der Waals surface area contributed by atoms with Crippen molar-refractivity contribution in [1.29, 1.82) is 0 Å². The molecule has 2 aliphatic rings. The number of nitrogens with zero attached hydrogens (tertiary/aromatic N) is 1. The van der Waals surface area contributed by atoms with Gasteiger partial charge in [-0.3, -0.25) is 10.1 Å². The van der Waals surface area contributed by atoms with Gasteiger partial charge in [0.15, 0.2) is 0 Å². The lowest BCUT2D eigenvalue weighted by atomic mass is 10.1. The summed E-state index contributed by atoms with van der Waals surface area (Å²) in [7, 11) is 0. The number of benzene rings is 1. The van der Waals surface area contributed by atoms with Crippen LogP contribution in [-0.4, -0.2) is 17.5 Å². The first-order valence-corrected chi connectivity index (χ1v) is 7.48. The Bertz CT molecular complexity index is 498. The third-order valence-corrected chi connectivity index (χ3v) is 4.17. The Kier molecular flexibility index (Phi) is 3.51. The Balaban J connectivity index is 1.87. The van der Waals surface area contributed by atoms with Crippen LogP contribution in [0.5, 0.6) is 0 Å². The first kappa shape index (κ1) is 13.2. The summed E-state index contributed by atoms with van der Waals surface area (Å²) in [5.74, 6) is 1.43. The van der Waals surface area contributed by atoms with Crippen molar-refractivity contribution in [3.05, 3.63) is 28.3 Å². The molecule has 0 amide bonds. The van der Waals surface area contributed by atoms with E-state index in [0.29, 0.717) is 35.8 Å². The maximum atomic E-state index is 11.4. The van der Waals surface area contributed by atoms with E-state index < -0.39 is 0 Å². The van der Waals surface area contributed by atoms with E-state index in [9.17, 15) is 10.1 Å². The van der Waals surface area contributed by atoms with Gasteiger partial charge in [0.25, 0.3) is 0 Å². The summed E-state index contributed by atoms with van der Waals surface area (Å²) in [6, 6.07) is 5.90. The molecule has 0 aromatic heterocycles. The third-order valence-electron chi connectivity index (χ3n) is 4.17. The molecule has 0 saturated heterocycles. The molecular weight excluding hydrogens is 254 g/mol. The van der Waals surface area contributed by atoms with Crippen LogP contribution in [0.3, 0.4) is 0 Å². The first-order valence-electron chi connectivity index (χ1n) is 7.48. The molecule has 0 spiro atoms. The summed E-state index contributed by atoms with van der Waals surface area (Å²) in [5.41, 5.74) is 1.45. The van der Waals surface area contributed by atoms with Crippen molar-refractivity contribution in [2.45, 2.75) is 38.6 Å². The Morgan fingerprint density at radius 3 is 2.35 bits per heavy atom. The second-order valence-electron chi connectivity index (χ2n) is 5.83. The number of hydrogen-bond donors (Lipinski definition) is 2. The van der Waals surface area contributed by atoms with Crippen LogP contribution >= 0.6 is 0 Å². The second kappa shape index (κ2) is 5.31. The van der Waals surface area contributed by atoms with Gasteiger partial charge in [-0.15, -0.1) is 0 Å². The molecule has 0 bridgehead atoms. The first-order chi connectivity index (χ1) is 9.70. The molecule has 108 valence electrons. The predicted octanol–water partition coefficient (Wildman–Crippen LogP) is 3.63. The van der Waals surface area contributed by atoms with Gasteiger partial charge >= 0.3 is 5.69 Å². The topological polar surface area (TPSA) is 67.2 Å². The highest BCUT2D eigenvalue weighted by Gasteiger charge is 2.42. The van der Waals surface area contributed by atoms with Crippen LogP contribution in [0.15, 0.2) is 18.2 Å². The molecule has 3 rings (SSSR count). The van der Waals surface area contributed by atoms with Crippen molar-refractivity contribution in [2.75, 3.05) is 17.2 Å². The van der Waals surface area contributed by atoms with E-state index in [2.05, 4.69) is 10.6 Å². The van der Waals surface area contributed by atoms with Gasteiger partial charge < -0.3 is 10.6 Å². The van der Waals surface area contributed by atoms with Crippen LogP contribution < -0.4 is 10.6 Å². The minimum atomic E-state index is -0.281. The molecular formula is C15H21N3O2. The van der Waals surface area contributed by atoms with E-state index in [1.807, 2.05) is 19.1 Å². The van der Waals surface area contributed by atoms with Crippen molar-refractivity contribution in [3.8, 4) is 0 Å². The number of anilines is 2. The fourth-order valence-electron chi connectivity index (χ4n) is 2.90. The normalized spacial score (nSPS) is 18.1. The van der Waals surface area contributed by atoms with Gasteiger partial charge in [0, 0.05) is 12.6 Å². The van der Waals surface area contributed by atoms with E-state index >= 15 is 0 Å². The molecule has 0 heterocycles. The molecule has 1 aromatic rings. The number of nitrogens with one attached hydrogen (secondary N) is 2. The number of hydrogen-bond acceptors (Lipinski definition) is 4. The Hall–Kier alpha value is -1.78. The zero-order valence-electron chi connectivity index (χ0n) is 11.8. The number of rotatable bonds is 7. The molecule has 1 aromatic carbocycles. The van der Waals surface area contributed by atoms with E-state index in [1.165, 1.54) is 25.7 Å². The smallest absolute Gasteiger partial charge is 0.315 e. The standard InChI is InChI=1S/C15H21N3O2/c1-2-16-12-4-3-5-13(15(12)18(19)20)17-14(10-6-7-10)11-8-9-11/h3-5,10-11,14,16-17H,2,6-9H2,1H3.